The fraction of sp³-hybridized carbons (Fsp3) is 0.125. The number of thiazole rings is 1. The first kappa shape index (κ1) is 17.1. The van der Waals surface area contributed by atoms with Crippen LogP contribution in [-0.2, 0) is 11.2 Å². The molecule has 0 fully saturated rings. The van der Waals surface area contributed by atoms with E-state index in [9.17, 15) is 9.59 Å². The molecule has 0 aliphatic heterocycles. The van der Waals surface area contributed by atoms with Crippen LogP contribution in [-0.4, -0.2) is 28.8 Å². The third kappa shape index (κ3) is 4.23. The lowest BCUT2D eigenvalue weighted by atomic mass is 10.2. The Morgan fingerprint density at radius 3 is 2.76 bits per heavy atom. The summed E-state index contributed by atoms with van der Waals surface area (Å²) in [6.07, 6.45) is 1.62. The Balaban J connectivity index is 1.68. The molecule has 0 aliphatic rings. The lowest BCUT2D eigenvalue weighted by Crippen LogP contribution is -2.20. The van der Waals surface area contributed by atoms with E-state index in [0.29, 0.717) is 21.6 Å². The molecule has 0 bridgehead atoms. The molecule has 0 atom stereocenters. The molecule has 1 aromatic carbocycles. The van der Waals surface area contributed by atoms with Gasteiger partial charge in [0.15, 0.2) is 10.9 Å². The summed E-state index contributed by atoms with van der Waals surface area (Å²) >= 11 is 7.07. The Hall–Kier alpha value is -2.71. The van der Waals surface area contributed by atoms with E-state index in [1.807, 2.05) is 0 Å². The Kier molecular flexibility index (Phi) is 5.11. The van der Waals surface area contributed by atoms with Gasteiger partial charge in [0, 0.05) is 23.0 Å². The number of benzene rings is 1. The molecule has 25 heavy (non-hydrogen) atoms. The van der Waals surface area contributed by atoms with Gasteiger partial charge in [0.05, 0.1) is 18.3 Å². The van der Waals surface area contributed by atoms with Gasteiger partial charge in [0.1, 0.15) is 0 Å². The van der Waals surface area contributed by atoms with Gasteiger partial charge in [-0.1, -0.05) is 11.6 Å². The summed E-state index contributed by atoms with van der Waals surface area (Å²) in [7, 11) is 1.55. The van der Waals surface area contributed by atoms with Gasteiger partial charge in [-0.15, -0.1) is 11.3 Å². The number of hydrogen-bond donors (Lipinski definition) is 2. The quantitative estimate of drug-likeness (QED) is 0.713. The molecular formula is C16H13ClN4O3S. The molecule has 7 nitrogen and oxygen atoms in total. The topological polar surface area (TPSA) is 97.1 Å². The molecule has 0 aliphatic carbocycles. The maximum atomic E-state index is 12.2. The third-order valence-corrected chi connectivity index (χ3v) is 4.28. The normalized spacial score (nSPS) is 10.5. The van der Waals surface area contributed by atoms with Gasteiger partial charge in [0.2, 0.25) is 5.91 Å². The molecule has 2 heterocycles. The Labute approximate surface area is 152 Å². The Morgan fingerprint density at radius 2 is 2.04 bits per heavy atom. The van der Waals surface area contributed by atoms with E-state index in [2.05, 4.69) is 20.6 Å². The predicted octanol–water partition coefficient (Wildman–Crippen LogP) is 2.99. The van der Waals surface area contributed by atoms with Gasteiger partial charge in [-0.3, -0.25) is 14.9 Å². The first-order valence-corrected chi connectivity index (χ1v) is 8.49. The van der Waals surface area contributed by atoms with Gasteiger partial charge < -0.3 is 9.73 Å². The van der Waals surface area contributed by atoms with E-state index in [0.717, 1.165) is 5.56 Å². The van der Waals surface area contributed by atoms with E-state index in [4.69, 9.17) is 16.0 Å². The standard InChI is InChI=1S/C16H13ClN4O3S/c1-18-13(22)6-11-8-25-16(20-11)21-14(23)15-19-7-12(24-15)9-2-4-10(17)5-3-9/h2-5,7-8H,6H2,1H3,(H,18,22)(H,20,21,23). The predicted molar refractivity (Wildman–Crippen MR) is 94.8 cm³/mol. The van der Waals surface area contributed by atoms with Gasteiger partial charge in [0.25, 0.3) is 5.89 Å². The highest BCUT2D eigenvalue weighted by molar-refractivity contribution is 7.14. The zero-order valence-electron chi connectivity index (χ0n) is 13.1. The number of aromatic nitrogens is 2. The maximum Gasteiger partial charge on any atom is 0.313 e. The van der Waals surface area contributed by atoms with Crippen LogP contribution in [0, 0.1) is 0 Å². The Bertz CT molecular complexity index is 904. The number of likely N-dealkylation sites (N-methyl/N-ethyl adjacent to an activating group) is 1. The smallest absolute Gasteiger partial charge is 0.313 e. The maximum absolute atomic E-state index is 12.2. The minimum absolute atomic E-state index is 0.0759. The van der Waals surface area contributed by atoms with Crippen molar-refractivity contribution in [3.8, 4) is 11.3 Å². The molecule has 0 spiro atoms. The average Bonchev–Trinajstić information content (AvgIpc) is 3.25. The SMILES string of the molecule is CNC(=O)Cc1csc(NC(=O)c2ncc(-c3ccc(Cl)cc3)o2)n1. The summed E-state index contributed by atoms with van der Waals surface area (Å²) in [5.41, 5.74) is 1.34. The molecule has 0 saturated heterocycles. The summed E-state index contributed by atoms with van der Waals surface area (Å²) < 4.78 is 5.48. The van der Waals surface area contributed by atoms with Crippen LogP contribution in [0.4, 0.5) is 5.13 Å². The number of carbonyl (C=O) groups excluding carboxylic acids is 2. The van der Waals surface area contributed by atoms with Crippen LogP contribution in [0.2, 0.25) is 5.02 Å². The van der Waals surface area contributed by atoms with Gasteiger partial charge in [-0.05, 0) is 24.3 Å². The molecule has 3 rings (SSSR count). The third-order valence-electron chi connectivity index (χ3n) is 3.22. The first-order chi connectivity index (χ1) is 12.0. The highest BCUT2D eigenvalue weighted by Gasteiger charge is 2.16. The highest BCUT2D eigenvalue weighted by atomic mass is 35.5. The fourth-order valence-electron chi connectivity index (χ4n) is 1.98. The number of nitrogens with zero attached hydrogens (tertiary/aromatic N) is 2. The van der Waals surface area contributed by atoms with Crippen LogP contribution in [0.5, 0.6) is 0 Å². The molecule has 2 N–H and O–H groups in total. The summed E-state index contributed by atoms with van der Waals surface area (Å²) in [5.74, 6) is -0.279. The molecule has 0 radical (unpaired) electrons. The summed E-state index contributed by atoms with van der Waals surface area (Å²) in [6.45, 7) is 0. The molecular weight excluding hydrogens is 364 g/mol. The highest BCUT2D eigenvalue weighted by Crippen LogP contribution is 2.23. The molecule has 128 valence electrons. The summed E-state index contributed by atoms with van der Waals surface area (Å²) in [4.78, 5) is 31.7. The minimum atomic E-state index is -0.513. The van der Waals surface area contributed by atoms with Crippen molar-refractivity contribution in [2.45, 2.75) is 6.42 Å². The number of nitrogens with one attached hydrogen (secondary N) is 2. The van der Waals surface area contributed by atoms with Crippen LogP contribution in [0.1, 0.15) is 16.4 Å². The van der Waals surface area contributed by atoms with E-state index < -0.39 is 5.91 Å². The Morgan fingerprint density at radius 1 is 1.28 bits per heavy atom. The number of carbonyl (C=O) groups is 2. The van der Waals surface area contributed by atoms with Crippen molar-refractivity contribution in [2.75, 3.05) is 12.4 Å². The molecule has 9 heteroatoms. The molecule has 0 unspecified atom stereocenters. The first-order valence-electron chi connectivity index (χ1n) is 7.23. The summed E-state index contributed by atoms with van der Waals surface area (Å²) in [6, 6.07) is 7.00. The van der Waals surface area contributed by atoms with Crippen LogP contribution >= 0.6 is 22.9 Å². The fourth-order valence-corrected chi connectivity index (χ4v) is 2.81. The lowest BCUT2D eigenvalue weighted by molar-refractivity contribution is -0.120. The molecule has 2 aromatic heterocycles. The van der Waals surface area contributed by atoms with Crippen LogP contribution in [0.15, 0.2) is 40.3 Å². The second kappa shape index (κ2) is 7.45. The van der Waals surface area contributed by atoms with Crippen molar-refractivity contribution in [3.05, 3.63) is 52.4 Å². The lowest BCUT2D eigenvalue weighted by Gasteiger charge is -1.98. The molecule has 2 amide bonds. The van der Waals surface area contributed by atoms with Crippen LogP contribution < -0.4 is 10.6 Å². The van der Waals surface area contributed by atoms with E-state index in [1.54, 1.807) is 36.7 Å². The number of hydrogen-bond acceptors (Lipinski definition) is 6. The van der Waals surface area contributed by atoms with Crippen molar-refractivity contribution in [3.63, 3.8) is 0 Å². The van der Waals surface area contributed by atoms with Crippen molar-refractivity contribution in [2.24, 2.45) is 0 Å². The second-order valence-electron chi connectivity index (χ2n) is 4.98. The number of anilines is 1. The molecule has 3 aromatic rings. The van der Waals surface area contributed by atoms with Crippen molar-refractivity contribution in [1.82, 2.24) is 15.3 Å². The average molecular weight is 377 g/mol. The van der Waals surface area contributed by atoms with E-state index >= 15 is 0 Å². The molecule has 0 saturated carbocycles. The zero-order valence-corrected chi connectivity index (χ0v) is 14.6. The van der Waals surface area contributed by atoms with Crippen LogP contribution in [0.3, 0.4) is 0 Å². The van der Waals surface area contributed by atoms with Gasteiger partial charge >= 0.3 is 5.91 Å². The number of halogens is 1. The minimum Gasteiger partial charge on any atom is -0.432 e. The van der Waals surface area contributed by atoms with Gasteiger partial charge in [-0.2, -0.15) is 0 Å². The zero-order chi connectivity index (χ0) is 17.8. The van der Waals surface area contributed by atoms with Crippen LogP contribution in [0.25, 0.3) is 11.3 Å². The number of oxazole rings is 1. The van der Waals surface area contributed by atoms with E-state index in [-0.39, 0.29) is 18.2 Å². The van der Waals surface area contributed by atoms with Crippen molar-refractivity contribution in [1.29, 1.82) is 0 Å². The number of amides is 2. The largest absolute Gasteiger partial charge is 0.432 e. The van der Waals surface area contributed by atoms with Crippen molar-refractivity contribution < 1.29 is 14.0 Å². The monoisotopic (exact) mass is 376 g/mol. The number of rotatable bonds is 5. The van der Waals surface area contributed by atoms with Crippen molar-refractivity contribution >= 4 is 39.9 Å². The van der Waals surface area contributed by atoms with Gasteiger partial charge in [-0.25, -0.2) is 9.97 Å². The van der Waals surface area contributed by atoms with E-state index in [1.165, 1.54) is 17.5 Å². The second-order valence-corrected chi connectivity index (χ2v) is 6.28. The summed E-state index contributed by atoms with van der Waals surface area (Å²) in [5, 5.41) is 7.81.